The van der Waals surface area contributed by atoms with Crippen LogP contribution in [0.4, 0.5) is 10.1 Å². The van der Waals surface area contributed by atoms with E-state index in [2.05, 4.69) is 21.2 Å². The Balaban J connectivity index is 1.88. The molecule has 0 unspecified atom stereocenters. The first kappa shape index (κ1) is 32.3. The van der Waals surface area contributed by atoms with Crippen molar-refractivity contribution in [1.29, 1.82) is 0 Å². The normalized spacial score (nSPS) is 12.0. The van der Waals surface area contributed by atoms with E-state index < -0.39 is 21.9 Å². The third-order valence-electron chi connectivity index (χ3n) is 6.62. The van der Waals surface area contributed by atoms with Crippen LogP contribution in [0.2, 0.25) is 0 Å². The third kappa shape index (κ3) is 9.97. The Bertz CT molecular complexity index is 1410. The van der Waals surface area contributed by atoms with E-state index in [0.29, 0.717) is 13.0 Å². The maximum Gasteiger partial charge on any atom is 0.243 e. The number of carbonyl (C=O) groups is 2. The molecule has 0 aliphatic rings. The van der Waals surface area contributed by atoms with Gasteiger partial charge in [-0.05, 0) is 48.2 Å². The van der Waals surface area contributed by atoms with Crippen molar-refractivity contribution in [2.24, 2.45) is 0 Å². The van der Waals surface area contributed by atoms with E-state index in [9.17, 15) is 22.4 Å². The van der Waals surface area contributed by atoms with Crippen LogP contribution in [-0.2, 0) is 32.6 Å². The largest absolute Gasteiger partial charge is 0.354 e. The fourth-order valence-corrected chi connectivity index (χ4v) is 5.94. The molecule has 1 N–H and O–H groups in total. The molecule has 0 aromatic heterocycles. The van der Waals surface area contributed by atoms with Crippen LogP contribution in [0.25, 0.3) is 0 Å². The Hall–Kier alpha value is -3.24. The number of unbranched alkanes of at least 4 members (excludes halogenated alkanes) is 1. The number of rotatable bonds is 15. The molecule has 0 radical (unpaired) electrons. The van der Waals surface area contributed by atoms with Gasteiger partial charge in [-0.2, -0.15) is 0 Å². The molecule has 0 aliphatic heterocycles. The second kappa shape index (κ2) is 15.7. The van der Waals surface area contributed by atoms with Gasteiger partial charge in [-0.1, -0.05) is 83.9 Å². The first-order chi connectivity index (χ1) is 19.6. The number of nitrogens with zero attached hydrogens (tertiary/aromatic N) is 2. The van der Waals surface area contributed by atoms with Gasteiger partial charge in [-0.15, -0.1) is 0 Å². The number of anilines is 1. The second-order valence-electron chi connectivity index (χ2n) is 9.89. The van der Waals surface area contributed by atoms with Gasteiger partial charge in [-0.25, -0.2) is 12.8 Å². The highest BCUT2D eigenvalue weighted by molar-refractivity contribution is 9.10. The molecule has 0 spiro atoms. The summed E-state index contributed by atoms with van der Waals surface area (Å²) >= 11 is 3.48. The number of sulfonamides is 1. The van der Waals surface area contributed by atoms with Crippen molar-refractivity contribution >= 4 is 43.5 Å². The van der Waals surface area contributed by atoms with Crippen LogP contribution in [0, 0.1) is 5.82 Å². The highest BCUT2D eigenvalue weighted by Crippen LogP contribution is 2.23. The summed E-state index contributed by atoms with van der Waals surface area (Å²) in [6.45, 7) is 2.66. The second-order valence-corrected chi connectivity index (χ2v) is 12.7. The number of carbonyl (C=O) groups excluding carboxylic acids is 2. The fourth-order valence-electron chi connectivity index (χ4n) is 4.53. The van der Waals surface area contributed by atoms with Crippen molar-refractivity contribution in [2.75, 3.05) is 23.7 Å². The smallest absolute Gasteiger partial charge is 0.243 e. The molecule has 7 nitrogen and oxygen atoms in total. The van der Waals surface area contributed by atoms with Crippen LogP contribution in [0.5, 0.6) is 0 Å². The monoisotopic (exact) mass is 645 g/mol. The summed E-state index contributed by atoms with van der Waals surface area (Å²) in [6, 6.07) is 21.9. The lowest BCUT2D eigenvalue weighted by Crippen LogP contribution is -2.50. The lowest BCUT2D eigenvalue weighted by Gasteiger charge is -2.32. The molecule has 41 heavy (non-hydrogen) atoms. The molecule has 0 aliphatic carbocycles. The zero-order valence-electron chi connectivity index (χ0n) is 23.4. The van der Waals surface area contributed by atoms with Gasteiger partial charge in [0.25, 0.3) is 0 Å². The maximum atomic E-state index is 14.5. The van der Waals surface area contributed by atoms with Gasteiger partial charge in [0, 0.05) is 36.9 Å². The minimum Gasteiger partial charge on any atom is -0.354 e. The number of hydrogen-bond donors (Lipinski definition) is 1. The van der Waals surface area contributed by atoms with E-state index >= 15 is 0 Å². The molecule has 0 bridgehead atoms. The molecule has 0 heterocycles. The van der Waals surface area contributed by atoms with E-state index in [1.165, 1.54) is 18.2 Å². The lowest BCUT2D eigenvalue weighted by atomic mass is 10.0. The summed E-state index contributed by atoms with van der Waals surface area (Å²) in [5.74, 6) is -1.19. The minimum atomic E-state index is -3.80. The summed E-state index contributed by atoms with van der Waals surface area (Å²) in [5.41, 5.74) is 1.69. The van der Waals surface area contributed by atoms with Gasteiger partial charge in [-0.3, -0.25) is 13.9 Å². The predicted molar refractivity (Wildman–Crippen MR) is 164 cm³/mol. The number of nitrogens with one attached hydrogen (secondary N) is 1. The van der Waals surface area contributed by atoms with E-state index in [1.54, 1.807) is 11.0 Å². The zero-order valence-corrected chi connectivity index (χ0v) is 25.8. The molecule has 0 fully saturated rings. The van der Waals surface area contributed by atoms with Gasteiger partial charge < -0.3 is 10.2 Å². The van der Waals surface area contributed by atoms with Gasteiger partial charge in [0.15, 0.2) is 0 Å². The fraction of sp³-hybridized carbons (Fsp3) is 0.355. The van der Waals surface area contributed by atoms with Crippen LogP contribution in [0.3, 0.4) is 0 Å². The Morgan fingerprint density at radius 3 is 2.29 bits per heavy atom. The van der Waals surface area contributed by atoms with E-state index in [0.717, 1.165) is 39.0 Å². The van der Waals surface area contributed by atoms with Gasteiger partial charge >= 0.3 is 0 Å². The molecule has 0 saturated carbocycles. The zero-order chi connectivity index (χ0) is 29.8. The molecule has 3 aromatic rings. The highest BCUT2D eigenvalue weighted by Gasteiger charge is 2.30. The van der Waals surface area contributed by atoms with Crippen molar-refractivity contribution in [2.45, 2.75) is 51.6 Å². The molecule has 2 amide bonds. The highest BCUT2D eigenvalue weighted by atomic mass is 79.9. The van der Waals surface area contributed by atoms with Crippen LogP contribution in [0.15, 0.2) is 83.3 Å². The maximum absolute atomic E-state index is 14.5. The summed E-state index contributed by atoms with van der Waals surface area (Å²) in [6.07, 6.45) is 3.19. The SMILES string of the molecule is CCCCNC(=O)[C@H](Cc1ccccc1)N(Cc1cccc(Br)c1)C(=O)CCCN(c1ccccc1F)S(C)(=O)=O. The van der Waals surface area contributed by atoms with Crippen LogP contribution >= 0.6 is 15.9 Å². The average Bonchev–Trinajstić information content (AvgIpc) is 2.93. The van der Waals surface area contributed by atoms with Gasteiger partial charge in [0.05, 0.1) is 11.9 Å². The standard InChI is InChI=1S/C31H37BrFN3O4S/c1-3-4-19-34-31(38)29(22-24-12-6-5-7-13-24)35(23-25-14-10-15-26(32)21-25)30(37)18-11-20-36(41(2,39)40)28-17-9-8-16-27(28)33/h5-10,12-17,21,29H,3-4,11,18-20,22-23H2,1-2H3,(H,34,38)/t29-/m0/s1. The number of hydrogen-bond acceptors (Lipinski definition) is 4. The topological polar surface area (TPSA) is 86.8 Å². The first-order valence-electron chi connectivity index (χ1n) is 13.7. The Morgan fingerprint density at radius 2 is 1.63 bits per heavy atom. The molecule has 3 aromatic carbocycles. The lowest BCUT2D eigenvalue weighted by molar-refractivity contribution is -0.141. The predicted octanol–water partition coefficient (Wildman–Crippen LogP) is 5.69. The minimum absolute atomic E-state index is 0.0258. The van der Waals surface area contributed by atoms with Crippen molar-refractivity contribution in [3.8, 4) is 0 Å². The van der Waals surface area contributed by atoms with E-state index in [-0.39, 0.29) is 43.4 Å². The average molecular weight is 647 g/mol. The number of para-hydroxylation sites is 1. The van der Waals surface area contributed by atoms with E-state index in [4.69, 9.17) is 0 Å². The van der Waals surface area contributed by atoms with Crippen molar-refractivity contribution in [3.63, 3.8) is 0 Å². The number of amides is 2. The number of benzene rings is 3. The molecule has 220 valence electrons. The third-order valence-corrected chi connectivity index (χ3v) is 8.29. The van der Waals surface area contributed by atoms with E-state index in [1.807, 2.05) is 61.5 Å². The van der Waals surface area contributed by atoms with Crippen LogP contribution in [-0.4, -0.2) is 50.5 Å². The molecular formula is C31H37BrFN3O4S. The van der Waals surface area contributed by atoms with Crippen LogP contribution in [0.1, 0.15) is 43.7 Å². The summed E-state index contributed by atoms with van der Waals surface area (Å²) < 4.78 is 41.3. The summed E-state index contributed by atoms with van der Waals surface area (Å²) in [7, 11) is -3.80. The van der Waals surface area contributed by atoms with Gasteiger partial charge in [0.2, 0.25) is 21.8 Å². The Morgan fingerprint density at radius 1 is 0.951 bits per heavy atom. The molecule has 0 saturated heterocycles. The number of halogens is 2. The van der Waals surface area contributed by atoms with Gasteiger partial charge in [0.1, 0.15) is 11.9 Å². The Labute approximate surface area is 250 Å². The molecule has 10 heteroatoms. The quantitative estimate of drug-likeness (QED) is 0.215. The Kier molecular flexibility index (Phi) is 12.3. The van der Waals surface area contributed by atoms with Crippen molar-refractivity contribution in [3.05, 3.63) is 100 Å². The molecule has 1 atom stereocenters. The van der Waals surface area contributed by atoms with Crippen LogP contribution < -0.4 is 9.62 Å². The summed E-state index contributed by atoms with van der Waals surface area (Å²) in [4.78, 5) is 28.9. The van der Waals surface area contributed by atoms with Crippen molar-refractivity contribution < 1.29 is 22.4 Å². The van der Waals surface area contributed by atoms with Crippen molar-refractivity contribution in [1.82, 2.24) is 10.2 Å². The summed E-state index contributed by atoms with van der Waals surface area (Å²) in [5, 5.41) is 2.99. The molecule has 3 rings (SSSR count). The first-order valence-corrected chi connectivity index (χ1v) is 16.3. The molecular weight excluding hydrogens is 609 g/mol.